The van der Waals surface area contributed by atoms with E-state index in [0.717, 1.165) is 19.5 Å². The van der Waals surface area contributed by atoms with Gasteiger partial charge < -0.3 is 0 Å². The van der Waals surface area contributed by atoms with Crippen molar-refractivity contribution < 1.29 is 8.42 Å². The summed E-state index contributed by atoms with van der Waals surface area (Å²) >= 11 is 0. The highest BCUT2D eigenvalue weighted by molar-refractivity contribution is 7.89. The molecule has 0 aromatic carbocycles. The van der Waals surface area contributed by atoms with Crippen LogP contribution in [-0.2, 0) is 10.0 Å². The average Bonchev–Trinajstić information content (AvgIpc) is 2.78. The highest BCUT2D eigenvalue weighted by Crippen LogP contribution is 2.45. The molecule has 0 radical (unpaired) electrons. The van der Waals surface area contributed by atoms with Crippen LogP contribution < -0.4 is 0 Å². The molecule has 0 unspecified atom stereocenters. The molecule has 0 bridgehead atoms. The summed E-state index contributed by atoms with van der Waals surface area (Å²) in [5.74, 6) is 0.253. The van der Waals surface area contributed by atoms with Crippen LogP contribution in [0.25, 0.3) is 0 Å². The van der Waals surface area contributed by atoms with Crippen molar-refractivity contribution in [2.45, 2.75) is 39.0 Å². The molecule has 1 aliphatic carbocycles. The smallest absolute Gasteiger partial charge is 0.212 e. The summed E-state index contributed by atoms with van der Waals surface area (Å²) in [4.78, 5) is 0. The Balaban J connectivity index is 2.08. The molecule has 1 heterocycles. The Morgan fingerprint density at radius 2 is 1.86 bits per heavy atom. The molecule has 82 valence electrons. The Hall–Kier alpha value is -0.0900. The van der Waals surface area contributed by atoms with Crippen LogP contribution in [0.5, 0.6) is 0 Å². The summed E-state index contributed by atoms with van der Waals surface area (Å²) in [7, 11) is -2.93. The molecular weight excluding hydrogens is 198 g/mol. The maximum absolute atomic E-state index is 11.7. The highest BCUT2D eigenvalue weighted by Gasteiger charge is 2.43. The van der Waals surface area contributed by atoms with E-state index in [2.05, 4.69) is 0 Å². The summed E-state index contributed by atoms with van der Waals surface area (Å²) in [5.41, 5.74) is 0.363. The lowest BCUT2D eigenvalue weighted by Crippen LogP contribution is -2.32. The summed E-state index contributed by atoms with van der Waals surface area (Å²) in [6, 6.07) is 0. The van der Waals surface area contributed by atoms with Gasteiger partial charge in [-0.15, -0.1) is 0 Å². The van der Waals surface area contributed by atoms with Crippen LogP contribution in [0.3, 0.4) is 0 Å². The molecule has 0 aromatic rings. The van der Waals surface area contributed by atoms with Crippen LogP contribution in [0.4, 0.5) is 0 Å². The van der Waals surface area contributed by atoms with Crippen molar-refractivity contribution in [3.05, 3.63) is 0 Å². The van der Waals surface area contributed by atoms with E-state index < -0.39 is 10.0 Å². The van der Waals surface area contributed by atoms with Gasteiger partial charge in [-0.05, 0) is 31.6 Å². The third kappa shape index (κ3) is 1.70. The van der Waals surface area contributed by atoms with E-state index in [-0.39, 0.29) is 5.75 Å². The minimum Gasteiger partial charge on any atom is -0.212 e. The van der Waals surface area contributed by atoms with Crippen LogP contribution in [0.2, 0.25) is 0 Å². The normalized spacial score (nSPS) is 27.5. The van der Waals surface area contributed by atoms with E-state index in [1.165, 1.54) is 25.7 Å². The second kappa shape index (κ2) is 3.49. The van der Waals surface area contributed by atoms with Gasteiger partial charge >= 0.3 is 0 Å². The highest BCUT2D eigenvalue weighted by atomic mass is 32.2. The second-order valence-electron chi connectivity index (χ2n) is 4.69. The zero-order valence-electron chi connectivity index (χ0n) is 8.83. The minimum atomic E-state index is -2.93. The fraction of sp³-hybridized carbons (Fsp3) is 1.00. The van der Waals surface area contributed by atoms with E-state index >= 15 is 0 Å². The molecule has 0 amide bonds. The predicted molar refractivity (Wildman–Crippen MR) is 56.6 cm³/mol. The minimum absolute atomic E-state index is 0.253. The third-order valence-corrected chi connectivity index (χ3v) is 5.65. The quantitative estimate of drug-likeness (QED) is 0.704. The van der Waals surface area contributed by atoms with Crippen molar-refractivity contribution in [1.29, 1.82) is 0 Å². The van der Waals surface area contributed by atoms with Crippen LogP contribution in [0.15, 0.2) is 0 Å². The van der Waals surface area contributed by atoms with Crippen LogP contribution in [-0.4, -0.2) is 31.6 Å². The first-order chi connectivity index (χ1) is 6.58. The molecule has 0 N–H and O–H groups in total. The maximum atomic E-state index is 11.7. The fourth-order valence-electron chi connectivity index (χ4n) is 2.85. The lowest BCUT2D eigenvalue weighted by Gasteiger charge is -2.22. The molecule has 0 atom stereocenters. The van der Waals surface area contributed by atoms with Crippen molar-refractivity contribution in [1.82, 2.24) is 4.31 Å². The summed E-state index contributed by atoms with van der Waals surface area (Å²) in [5, 5.41) is 0. The lowest BCUT2D eigenvalue weighted by molar-refractivity contribution is 0.314. The van der Waals surface area contributed by atoms with Gasteiger partial charge in [0.05, 0.1) is 5.75 Å². The maximum Gasteiger partial charge on any atom is 0.213 e. The first kappa shape index (κ1) is 10.4. The predicted octanol–water partition coefficient (Wildman–Crippen LogP) is 1.60. The van der Waals surface area contributed by atoms with Gasteiger partial charge in [-0.1, -0.05) is 12.8 Å². The van der Waals surface area contributed by atoms with Crippen LogP contribution in [0.1, 0.15) is 39.0 Å². The lowest BCUT2D eigenvalue weighted by atomic mass is 9.86. The van der Waals surface area contributed by atoms with Crippen LogP contribution in [0, 0.1) is 5.41 Å². The molecule has 1 saturated heterocycles. The number of hydrogen-bond acceptors (Lipinski definition) is 2. The molecule has 14 heavy (non-hydrogen) atoms. The Morgan fingerprint density at radius 3 is 2.43 bits per heavy atom. The van der Waals surface area contributed by atoms with Gasteiger partial charge in [-0.2, -0.15) is 0 Å². The van der Waals surface area contributed by atoms with Crippen molar-refractivity contribution in [2.75, 3.05) is 18.8 Å². The van der Waals surface area contributed by atoms with Crippen molar-refractivity contribution in [2.24, 2.45) is 5.41 Å². The van der Waals surface area contributed by atoms with Gasteiger partial charge in [-0.25, -0.2) is 12.7 Å². The number of hydrogen-bond donors (Lipinski definition) is 0. The van der Waals surface area contributed by atoms with Gasteiger partial charge in [0.1, 0.15) is 0 Å². The van der Waals surface area contributed by atoms with E-state index in [9.17, 15) is 8.42 Å². The van der Waals surface area contributed by atoms with Crippen molar-refractivity contribution >= 4 is 10.0 Å². The van der Waals surface area contributed by atoms with E-state index in [0.29, 0.717) is 5.41 Å². The molecule has 2 rings (SSSR count). The molecule has 2 fully saturated rings. The van der Waals surface area contributed by atoms with Gasteiger partial charge in [0.25, 0.3) is 0 Å². The molecule has 1 saturated carbocycles. The second-order valence-corrected chi connectivity index (χ2v) is 6.95. The number of sulfonamides is 1. The average molecular weight is 217 g/mol. The van der Waals surface area contributed by atoms with Gasteiger partial charge in [0, 0.05) is 13.1 Å². The Morgan fingerprint density at radius 1 is 1.21 bits per heavy atom. The summed E-state index contributed by atoms with van der Waals surface area (Å²) in [6.45, 7) is 3.29. The van der Waals surface area contributed by atoms with E-state index in [1.807, 2.05) is 0 Å². The Bertz CT molecular complexity index is 304. The van der Waals surface area contributed by atoms with E-state index in [4.69, 9.17) is 0 Å². The zero-order chi connectivity index (χ0) is 10.2. The molecule has 2 aliphatic rings. The molecule has 1 spiro atoms. The van der Waals surface area contributed by atoms with Gasteiger partial charge in [0.2, 0.25) is 10.0 Å². The Kier molecular flexibility index (Phi) is 2.60. The molecular formula is C10H19NO2S. The molecule has 1 aliphatic heterocycles. The molecule has 3 nitrogen and oxygen atoms in total. The largest absolute Gasteiger partial charge is 0.213 e. The van der Waals surface area contributed by atoms with Crippen molar-refractivity contribution in [3.63, 3.8) is 0 Å². The van der Waals surface area contributed by atoms with Crippen LogP contribution >= 0.6 is 0 Å². The topological polar surface area (TPSA) is 37.4 Å². The Labute approximate surface area is 86.5 Å². The van der Waals surface area contributed by atoms with Crippen molar-refractivity contribution in [3.8, 4) is 0 Å². The van der Waals surface area contributed by atoms with Gasteiger partial charge in [-0.3, -0.25) is 0 Å². The number of nitrogens with zero attached hydrogens (tertiary/aromatic N) is 1. The number of rotatable bonds is 2. The summed E-state index contributed by atoms with van der Waals surface area (Å²) < 4.78 is 25.0. The van der Waals surface area contributed by atoms with Gasteiger partial charge in [0.15, 0.2) is 0 Å². The first-order valence-electron chi connectivity index (χ1n) is 5.56. The standard InChI is InChI=1S/C10H19NO2S/c1-2-14(12,13)11-8-7-10(9-11)5-3-4-6-10/h2-9H2,1H3. The summed E-state index contributed by atoms with van der Waals surface area (Å²) in [6.07, 6.45) is 6.15. The molecule has 4 heteroatoms. The molecule has 0 aromatic heterocycles. The fourth-order valence-corrected chi connectivity index (χ4v) is 4.05. The first-order valence-corrected chi connectivity index (χ1v) is 7.17. The third-order valence-electron chi connectivity index (χ3n) is 3.83. The zero-order valence-corrected chi connectivity index (χ0v) is 9.65. The SMILES string of the molecule is CCS(=O)(=O)N1CCC2(CCCC2)C1. The van der Waals surface area contributed by atoms with E-state index in [1.54, 1.807) is 11.2 Å². The monoisotopic (exact) mass is 217 g/mol.